The van der Waals surface area contributed by atoms with Gasteiger partial charge in [-0.2, -0.15) is 13.2 Å². The molecule has 0 saturated carbocycles. The van der Waals surface area contributed by atoms with Gasteiger partial charge in [-0.1, -0.05) is 0 Å². The van der Waals surface area contributed by atoms with Gasteiger partial charge in [-0.05, 0) is 0 Å². The van der Waals surface area contributed by atoms with Crippen LogP contribution in [0, 0.1) is 0 Å². The predicted octanol–water partition coefficient (Wildman–Crippen LogP) is 0.152. The molecule has 0 atom stereocenters. The molecule has 3 nitrogen and oxygen atoms in total. The average molecular weight is 150 g/mol. The Hall–Kier alpha value is -0.850. The second kappa shape index (κ2) is 3.23. The van der Waals surface area contributed by atoms with E-state index in [1.165, 1.54) is 0 Å². The monoisotopic (exact) mass is 150 g/mol. The van der Waals surface area contributed by atoms with Crippen molar-refractivity contribution in [3.63, 3.8) is 0 Å². The van der Waals surface area contributed by atoms with Gasteiger partial charge in [-0.3, -0.25) is 0 Å². The Bertz CT molecular complexity index is 96.5. The van der Waals surface area contributed by atoms with Crippen LogP contribution in [0.2, 0.25) is 0 Å². The Morgan fingerprint density at radius 3 is 1.67 bits per heavy atom. The van der Waals surface area contributed by atoms with Crippen LogP contribution in [0.3, 0.4) is 0 Å². The van der Waals surface area contributed by atoms with Gasteiger partial charge in [-0.15, -0.1) is 0 Å². The van der Waals surface area contributed by atoms with Crippen molar-refractivity contribution >= 4 is 5.97 Å². The zero-order chi connectivity index (χ0) is 6.78. The SMILES string of the molecule is O.O=C(OF)C(F)(F)F. The minimum Gasteiger partial charge on any atom is -0.412 e. The van der Waals surface area contributed by atoms with Crippen LogP contribution >= 0.6 is 0 Å². The van der Waals surface area contributed by atoms with Crippen LogP contribution in [0.1, 0.15) is 0 Å². The van der Waals surface area contributed by atoms with Gasteiger partial charge in [0.1, 0.15) is 0 Å². The lowest BCUT2D eigenvalue weighted by Gasteiger charge is -1.95. The molecule has 0 heterocycles. The summed E-state index contributed by atoms with van der Waals surface area (Å²) in [7, 11) is 0. The van der Waals surface area contributed by atoms with Crippen LogP contribution in [-0.4, -0.2) is 17.6 Å². The Balaban J connectivity index is 0. The van der Waals surface area contributed by atoms with Gasteiger partial charge in [0.2, 0.25) is 0 Å². The predicted molar refractivity (Wildman–Crippen MR) is 16.9 cm³/mol. The highest BCUT2D eigenvalue weighted by Gasteiger charge is 2.42. The molecule has 0 unspecified atom stereocenters. The van der Waals surface area contributed by atoms with Crippen LogP contribution in [0.15, 0.2) is 0 Å². The molecule has 0 rings (SSSR count). The molecule has 0 aliphatic rings. The molecule has 0 aromatic rings. The van der Waals surface area contributed by atoms with Crippen molar-refractivity contribution in [2.45, 2.75) is 6.18 Å². The normalized spacial score (nSPS) is 9.78. The summed E-state index contributed by atoms with van der Waals surface area (Å²) in [5, 5.41) is 0. The van der Waals surface area contributed by atoms with E-state index in [9.17, 15) is 17.7 Å². The van der Waals surface area contributed by atoms with Gasteiger partial charge in [0.15, 0.2) is 0 Å². The molecule has 7 heteroatoms. The maximum atomic E-state index is 10.7. The zero-order valence-electron chi connectivity index (χ0n) is 3.83. The number of rotatable bonds is 0. The van der Waals surface area contributed by atoms with Crippen molar-refractivity contribution in [1.29, 1.82) is 0 Å². The molecule has 0 spiro atoms. The van der Waals surface area contributed by atoms with Gasteiger partial charge in [0.25, 0.3) is 0 Å². The number of hydrogen-bond acceptors (Lipinski definition) is 2. The largest absolute Gasteiger partial charge is 0.494 e. The third kappa shape index (κ3) is 3.71. The van der Waals surface area contributed by atoms with Crippen LogP contribution in [0.5, 0.6) is 0 Å². The van der Waals surface area contributed by atoms with E-state index in [1.807, 2.05) is 4.94 Å². The van der Waals surface area contributed by atoms with E-state index >= 15 is 0 Å². The summed E-state index contributed by atoms with van der Waals surface area (Å²) in [5.41, 5.74) is 0. The smallest absolute Gasteiger partial charge is 0.412 e. The molecule has 2 N–H and O–H groups in total. The molecule has 0 bridgehead atoms. The minimum absolute atomic E-state index is 0. The molecule has 0 radical (unpaired) electrons. The Morgan fingerprint density at radius 2 is 1.67 bits per heavy atom. The quantitative estimate of drug-likeness (QED) is 0.461. The van der Waals surface area contributed by atoms with E-state index in [-0.39, 0.29) is 5.48 Å². The maximum Gasteiger partial charge on any atom is 0.494 e. The summed E-state index contributed by atoms with van der Waals surface area (Å²) in [5.74, 6) is -2.84. The lowest BCUT2D eigenvalue weighted by Crippen LogP contribution is -2.22. The summed E-state index contributed by atoms with van der Waals surface area (Å²) in [6, 6.07) is 0. The molecule has 0 aromatic heterocycles. The zero-order valence-corrected chi connectivity index (χ0v) is 3.83. The van der Waals surface area contributed by atoms with E-state index in [4.69, 9.17) is 4.79 Å². The molecule has 9 heavy (non-hydrogen) atoms. The molecule has 0 aliphatic heterocycles. The first-order valence-corrected chi connectivity index (χ1v) is 1.38. The fourth-order valence-electron chi connectivity index (χ4n) is 0.0437. The molecule has 0 saturated heterocycles. The first-order valence-electron chi connectivity index (χ1n) is 1.38. The first-order chi connectivity index (χ1) is 3.48. The number of hydrogen-bond donors (Lipinski definition) is 0. The van der Waals surface area contributed by atoms with Gasteiger partial charge in [0, 0.05) is 4.53 Å². The third-order valence-electron chi connectivity index (χ3n) is 0.302. The van der Waals surface area contributed by atoms with Crippen molar-refractivity contribution in [3.05, 3.63) is 0 Å². The third-order valence-corrected chi connectivity index (χ3v) is 0.302. The van der Waals surface area contributed by atoms with E-state index in [0.29, 0.717) is 0 Å². The van der Waals surface area contributed by atoms with Gasteiger partial charge >= 0.3 is 12.1 Å². The van der Waals surface area contributed by atoms with Crippen molar-refractivity contribution in [3.8, 4) is 0 Å². The van der Waals surface area contributed by atoms with Crippen LogP contribution in [-0.2, 0) is 9.74 Å². The summed E-state index contributed by atoms with van der Waals surface area (Å²) < 4.78 is 42.5. The standard InChI is InChI=1S/C2F4O2.H2O/c3-2(4,5)1(7)8-6;/h;1H2. The van der Waals surface area contributed by atoms with Gasteiger partial charge < -0.3 is 5.48 Å². The number of halogens is 4. The number of carbonyl (C=O) groups is 1. The molecule has 0 amide bonds. The maximum absolute atomic E-state index is 10.7. The lowest BCUT2D eigenvalue weighted by atomic mass is 10.7. The topological polar surface area (TPSA) is 57.8 Å². The Labute approximate surface area is 46.4 Å². The average Bonchev–Trinajstić information content (AvgIpc) is 1.62. The highest BCUT2D eigenvalue weighted by molar-refractivity contribution is 5.74. The summed E-state index contributed by atoms with van der Waals surface area (Å²) in [4.78, 5) is 11.0. The van der Waals surface area contributed by atoms with Crippen LogP contribution in [0.25, 0.3) is 0 Å². The molecular weight excluding hydrogens is 148 g/mol. The summed E-state index contributed by atoms with van der Waals surface area (Å²) >= 11 is 0. The highest BCUT2D eigenvalue weighted by atomic mass is 19.4. The number of alkyl halides is 3. The van der Waals surface area contributed by atoms with Gasteiger partial charge in [0.05, 0.1) is 0 Å². The summed E-state index contributed by atoms with van der Waals surface area (Å²) in [6.07, 6.45) is -5.23. The van der Waals surface area contributed by atoms with E-state index in [0.717, 1.165) is 0 Å². The summed E-state index contributed by atoms with van der Waals surface area (Å²) in [6.45, 7) is 0. The van der Waals surface area contributed by atoms with Crippen LogP contribution < -0.4 is 0 Å². The highest BCUT2D eigenvalue weighted by Crippen LogP contribution is 2.15. The fourth-order valence-corrected chi connectivity index (χ4v) is 0.0437. The van der Waals surface area contributed by atoms with Crippen LogP contribution in [0.4, 0.5) is 17.7 Å². The molecular formula is C2H2F4O3. The first kappa shape index (κ1) is 11.0. The van der Waals surface area contributed by atoms with Crippen molar-refractivity contribution in [2.75, 3.05) is 0 Å². The van der Waals surface area contributed by atoms with E-state index in [1.54, 1.807) is 0 Å². The minimum atomic E-state index is -5.23. The molecule has 0 aliphatic carbocycles. The van der Waals surface area contributed by atoms with E-state index in [2.05, 4.69) is 0 Å². The van der Waals surface area contributed by atoms with Gasteiger partial charge in [-0.25, -0.2) is 9.74 Å². The van der Waals surface area contributed by atoms with Crippen molar-refractivity contribution in [1.82, 2.24) is 0 Å². The molecule has 56 valence electrons. The fraction of sp³-hybridized carbons (Fsp3) is 0.500. The Kier molecular flexibility index (Phi) is 3.95. The van der Waals surface area contributed by atoms with Crippen molar-refractivity contribution in [2.24, 2.45) is 0 Å². The number of carbonyl (C=O) groups excluding carboxylic acids is 1. The second-order valence-electron chi connectivity index (χ2n) is 0.862. The van der Waals surface area contributed by atoms with Crippen molar-refractivity contribution < 1.29 is 32.9 Å². The molecule has 0 fully saturated rings. The molecule has 0 aromatic carbocycles. The Morgan fingerprint density at radius 1 is 1.33 bits per heavy atom. The lowest BCUT2D eigenvalue weighted by molar-refractivity contribution is -0.234. The van der Waals surface area contributed by atoms with E-state index < -0.39 is 12.1 Å². The second-order valence-corrected chi connectivity index (χ2v) is 0.862.